The van der Waals surface area contributed by atoms with Crippen molar-refractivity contribution in [2.75, 3.05) is 5.75 Å². The molecule has 2 aromatic carbocycles. The molecule has 3 N–H and O–H groups in total. The number of nitrogens with two attached hydrogens (primary N) is 1. The number of nitroso groups, excluding NO2 is 2. The summed E-state index contributed by atoms with van der Waals surface area (Å²) in [4.78, 5) is 53.4. The molecule has 2 aliphatic rings. The highest BCUT2D eigenvalue weighted by molar-refractivity contribution is 7.85. The average Bonchev–Trinajstić information content (AvgIpc) is 3.92. The maximum atomic E-state index is 14.4. The van der Waals surface area contributed by atoms with E-state index in [1.807, 2.05) is 36.4 Å². The lowest BCUT2D eigenvalue weighted by atomic mass is 9.74. The molecule has 6 atom stereocenters. The first-order valence-corrected chi connectivity index (χ1v) is 18.0. The zero-order valence-electron chi connectivity index (χ0n) is 27.2. The molecule has 2 amide bonds. The van der Waals surface area contributed by atoms with E-state index in [1.165, 1.54) is 0 Å². The number of terminal acetylenes is 1. The van der Waals surface area contributed by atoms with E-state index in [0.717, 1.165) is 55.5 Å². The van der Waals surface area contributed by atoms with Crippen LogP contribution in [-0.2, 0) is 26.8 Å². The third-order valence-corrected chi connectivity index (χ3v) is 11.2. The largest absolute Gasteiger partial charge is 0.344 e. The Morgan fingerprint density at radius 2 is 1.64 bits per heavy atom. The van der Waals surface area contributed by atoms with E-state index >= 15 is 0 Å². The van der Waals surface area contributed by atoms with Crippen LogP contribution in [0.1, 0.15) is 76.7 Å². The Kier molecular flexibility index (Phi) is 13.4. The van der Waals surface area contributed by atoms with E-state index in [2.05, 4.69) is 21.6 Å². The van der Waals surface area contributed by atoms with Crippen molar-refractivity contribution >= 4 is 22.6 Å². The first-order valence-electron chi connectivity index (χ1n) is 16.6. The van der Waals surface area contributed by atoms with E-state index in [9.17, 15) is 23.6 Å². The van der Waals surface area contributed by atoms with Gasteiger partial charge >= 0.3 is 0 Å². The van der Waals surface area contributed by atoms with Gasteiger partial charge in [-0.05, 0) is 55.7 Å². The number of nitrogens with one attached hydrogen (secondary N) is 1. The molecule has 2 aliphatic carbocycles. The van der Waals surface area contributed by atoms with Gasteiger partial charge in [0.05, 0.1) is 22.3 Å². The van der Waals surface area contributed by atoms with Crippen molar-refractivity contribution in [2.45, 2.75) is 106 Å². The fourth-order valence-electron chi connectivity index (χ4n) is 6.86. The molecule has 10 nitrogen and oxygen atoms in total. The van der Waals surface area contributed by atoms with Crippen LogP contribution < -0.4 is 11.2 Å². The Morgan fingerprint density at radius 3 is 2.21 bits per heavy atom. The van der Waals surface area contributed by atoms with Crippen molar-refractivity contribution in [3.8, 4) is 12.3 Å². The molecule has 0 spiro atoms. The fraction of sp³-hybridized carbons (Fsp3) is 0.556. The molecule has 2 aromatic rings. The van der Waals surface area contributed by atoms with Gasteiger partial charge in [-0.25, -0.2) is 5.84 Å². The third-order valence-electron chi connectivity index (χ3n) is 9.73. The quantitative estimate of drug-likeness (QED) is 0.0692. The number of carbonyl (C=O) groups excluding carboxylic acids is 2. The van der Waals surface area contributed by atoms with Crippen molar-refractivity contribution in [3.63, 3.8) is 0 Å². The highest BCUT2D eigenvalue weighted by Crippen LogP contribution is 2.39. The molecule has 2 saturated carbocycles. The first-order chi connectivity index (χ1) is 22.7. The standard InChI is InChI=1S/C36H47N5O5S/c1-3-13-31(39-44)33(40-45)36(2,24-28-16-9-5-10-17-28)41(37)35(43)32(23-27-20-21-27)38-34(42)29(22-26-14-7-4-8-15-26)25-47(46)30-18-11-6-12-19-30/h1,4,6-8,11-12,14-15,18-19,27-29,31-33H,5,9-10,13,16-17,20-25,37H2,2H3,(H,38,42)/t29-,31+,32+,33+,36-,47?/m1/s1. The van der Waals surface area contributed by atoms with Crippen LogP contribution in [0.5, 0.6) is 0 Å². The van der Waals surface area contributed by atoms with Crippen molar-refractivity contribution in [3.05, 3.63) is 76.0 Å². The SMILES string of the molecule is C#CC[C@H](N=O)[C@H](N=O)[C@@](C)(CC1CCCCC1)N(N)C(=O)[C@H](CC1CC1)NC(=O)[C@H](Cc1ccccc1)CS(=O)c1ccccc1. The van der Waals surface area contributed by atoms with E-state index in [0.29, 0.717) is 24.2 Å². The third kappa shape index (κ3) is 9.88. The highest BCUT2D eigenvalue weighted by atomic mass is 32.2. The van der Waals surface area contributed by atoms with Crippen LogP contribution in [0.2, 0.25) is 0 Å². The molecular weight excluding hydrogens is 614 g/mol. The fourth-order valence-corrected chi connectivity index (χ4v) is 8.15. The monoisotopic (exact) mass is 661 g/mol. The zero-order valence-corrected chi connectivity index (χ0v) is 28.0. The summed E-state index contributed by atoms with van der Waals surface area (Å²) in [6, 6.07) is 15.1. The van der Waals surface area contributed by atoms with Crippen LogP contribution in [0.4, 0.5) is 0 Å². The number of amides is 2. The molecule has 252 valence electrons. The predicted molar refractivity (Wildman–Crippen MR) is 184 cm³/mol. The first kappa shape index (κ1) is 36.1. The molecule has 1 unspecified atom stereocenters. The van der Waals surface area contributed by atoms with Gasteiger partial charge < -0.3 is 5.32 Å². The minimum Gasteiger partial charge on any atom is -0.344 e. The van der Waals surface area contributed by atoms with Crippen molar-refractivity contribution in [1.82, 2.24) is 10.3 Å². The van der Waals surface area contributed by atoms with Crippen molar-refractivity contribution in [2.24, 2.45) is 34.0 Å². The molecule has 0 aromatic heterocycles. The van der Waals surface area contributed by atoms with Crippen LogP contribution in [0.25, 0.3) is 0 Å². The Morgan fingerprint density at radius 1 is 1.00 bits per heavy atom. The summed E-state index contributed by atoms with van der Waals surface area (Å²) in [6.45, 7) is 1.68. The second-order valence-electron chi connectivity index (χ2n) is 13.4. The molecule has 0 radical (unpaired) electrons. The summed E-state index contributed by atoms with van der Waals surface area (Å²) in [7, 11) is -1.46. The average molecular weight is 662 g/mol. The number of nitrogens with zero attached hydrogens (tertiary/aromatic N) is 3. The van der Waals surface area contributed by atoms with E-state index < -0.39 is 52.2 Å². The minimum absolute atomic E-state index is 0.0662. The predicted octanol–water partition coefficient (Wildman–Crippen LogP) is 5.66. The normalized spacial score (nSPS) is 19.5. The Balaban J connectivity index is 1.62. The van der Waals surface area contributed by atoms with E-state index in [4.69, 9.17) is 12.3 Å². The number of rotatable bonds is 18. The maximum Gasteiger partial charge on any atom is 0.259 e. The molecule has 11 heteroatoms. The zero-order chi connectivity index (χ0) is 33.8. The summed E-state index contributed by atoms with van der Waals surface area (Å²) < 4.78 is 13.4. The lowest BCUT2D eigenvalue weighted by Gasteiger charge is -2.45. The summed E-state index contributed by atoms with van der Waals surface area (Å²) in [5.74, 6) is 7.90. The molecule has 0 bridgehead atoms. The van der Waals surface area contributed by atoms with Crippen LogP contribution >= 0.6 is 0 Å². The van der Waals surface area contributed by atoms with Gasteiger partial charge in [0, 0.05) is 17.1 Å². The molecular formula is C36H47N5O5S. The van der Waals surface area contributed by atoms with Crippen LogP contribution in [0, 0.1) is 39.9 Å². The molecule has 4 rings (SSSR count). The smallest absolute Gasteiger partial charge is 0.259 e. The van der Waals surface area contributed by atoms with Crippen LogP contribution in [-0.4, -0.2) is 50.4 Å². The Bertz CT molecular complexity index is 1410. The lowest BCUT2D eigenvalue weighted by Crippen LogP contribution is -2.66. The molecule has 47 heavy (non-hydrogen) atoms. The second kappa shape index (κ2) is 17.4. The van der Waals surface area contributed by atoms with Gasteiger partial charge in [0.2, 0.25) is 5.91 Å². The summed E-state index contributed by atoms with van der Waals surface area (Å²) >= 11 is 0. The second-order valence-corrected chi connectivity index (χ2v) is 14.9. The van der Waals surface area contributed by atoms with E-state index in [1.54, 1.807) is 31.2 Å². The minimum atomic E-state index is -1.46. The van der Waals surface area contributed by atoms with Crippen molar-refractivity contribution in [1.29, 1.82) is 0 Å². The lowest BCUT2D eigenvalue weighted by molar-refractivity contribution is -0.145. The Hall–Kier alpha value is -3.75. The molecule has 0 saturated heterocycles. The summed E-state index contributed by atoms with van der Waals surface area (Å²) in [5.41, 5.74) is -0.467. The van der Waals surface area contributed by atoms with E-state index in [-0.39, 0.29) is 24.0 Å². The number of hydrogen-bond donors (Lipinski definition) is 2. The van der Waals surface area contributed by atoms with Crippen LogP contribution in [0.15, 0.2) is 75.9 Å². The number of hydrazine groups is 1. The van der Waals surface area contributed by atoms with Gasteiger partial charge in [-0.3, -0.25) is 18.8 Å². The molecule has 2 fully saturated rings. The molecule has 0 aliphatic heterocycles. The van der Waals surface area contributed by atoms with Gasteiger partial charge in [-0.1, -0.05) is 104 Å². The number of benzene rings is 2. The Labute approximate surface area is 280 Å². The van der Waals surface area contributed by atoms with Gasteiger partial charge in [0.15, 0.2) is 0 Å². The van der Waals surface area contributed by atoms with Gasteiger partial charge in [0.1, 0.15) is 18.1 Å². The van der Waals surface area contributed by atoms with Gasteiger partial charge in [-0.2, -0.15) is 9.81 Å². The number of hydrogen-bond acceptors (Lipinski definition) is 8. The summed E-state index contributed by atoms with van der Waals surface area (Å²) in [6.07, 6.45) is 13.2. The topological polar surface area (TPSA) is 151 Å². The highest BCUT2D eigenvalue weighted by Gasteiger charge is 2.50. The maximum absolute atomic E-state index is 14.4. The summed E-state index contributed by atoms with van der Waals surface area (Å²) in [5, 5.41) is 10.5. The molecule has 0 heterocycles. The van der Waals surface area contributed by atoms with Gasteiger partial charge in [-0.15, -0.1) is 12.3 Å². The number of carbonyl (C=O) groups is 2. The van der Waals surface area contributed by atoms with Crippen LogP contribution in [0.3, 0.4) is 0 Å². The van der Waals surface area contributed by atoms with Crippen molar-refractivity contribution < 1.29 is 13.8 Å². The van der Waals surface area contributed by atoms with Gasteiger partial charge in [0.25, 0.3) is 5.91 Å².